The predicted octanol–water partition coefficient (Wildman–Crippen LogP) is 0.498. The van der Waals surface area contributed by atoms with Gasteiger partial charge in [-0.15, -0.1) is 10.2 Å². The summed E-state index contributed by atoms with van der Waals surface area (Å²) < 4.78 is 48.5. The lowest BCUT2D eigenvalue weighted by Crippen LogP contribution is -2.57. The van der Waals surface area contributed by atoms with E-state index in [1.165, 1.54) is 41.7 Å². The Bertz CT molecular complexity index is 1270. The summed E-state index contributed by atoms with van der Waals surface area (Å²) in [6.07, 6.45) is 0.00686. The van der Waals surface area contributed by atoms with Crippen molar-refractivity contribution in [2.45, 2.75) is 62.4 Å². The number of halogens is 2. The third-order valence-electron chi connectivity index (χ3n) is 7.31. The molecule has 206 valence electrons. The number of aliphatic hydroxyl groups excluding tert-OH is 2. The van der Waals surface area contributed by atoms with Gasteiger partial charge in [0.15, 0.2) is 11.6 Å². The molecule has 2 aliphatic rings. The molecule has 5 atom stereocenters. The summed E-state index contributed by atoms with van der Waals surface area (Å²) in [4.78, 5) is 0. The number of aliphatic hydroxyl groups is 3. The van der Waals surface area contributed by atoms with Crippen LogP contribution in [0.4, 0.5) is 8.78 Å². The van der Waals surface area contributed by atoms with Crippen LogP contribution in [0.2, 0.25) is 0 Å². The van der Waals surface area contributed by atoms with Crippen LogP contribution in [-0.2, 0) is 26.4 Å². The van der Waals surface area contributed by atoms with Crippen molar-refractivity contribution in [3.05, 3.63) is 47.4 Å². The van der Waals surface area contributed by atoms with Gasteiger partial charge >= 0.3 is 0 Å². The van der Waals surface area contributed by atoms with Crippen LogP contribution in [0, 0.1) is 18.6 Å². The van der Waals surface area contributed by atoms with Gasteiger partial charge in [0, 0.05) is 38.7 Å². The van der Waals surface area contributed by atoms with Gasteiger partial charge in [0.25, 0.3) is 0 Å². The molecule has 2 saturated heterocycles. The molecule has 14 heteroatoms. The second-order valence-corrected chi connectivity index (χ2v) is 9.69. The van der Waals surface area contributed by atoms with Crippen LogP contribution >= 0.6 is 0 Å². The molecule has 12 nitrogen and oxygen atoms in total. The summed E-state index contributed by atoms with van der Waals surface area (Å²) in [7, 11) is 1.43. The Morgan fingerprint density at radius 3 is 2.58 bits per heavy atom. The number of benzene rings is 1. The van der Waals surface area contributed by atoms with E-state index in [2.05, 4.69) is 20.6 Å². The lowest BCUT2D eigenvalue weighted by molar-refractivity contribution is -0.216. The summed E-state index contributed by atoms with van der Waals surface area (Å²) in [5, 5.41) is 48.2. The molecule has 0 aliphatic carbocycles. The third-order valence-corrected chi connectivity index (χ3v) is 7.31. The molecule has 0 radical (unpaired) electrons. The van der Waals surface area contributed by atoms with Crippen molar-refractivity contribution >= 4 is 0 Å². The van der Waals surface area contributed by atoms with Crippen LogP contribution in [0.1, 0.15) is 30.1 Å². The highest BCUT2D eigenvalue weighted by Gasteiger charge is 2.47. The highest BCUT2D eigenvalue weighted by molar-refractivity contribution is 5.59. The van der Waals surface area contributed by atoms with Crippen molar-refractivity contribution in [2.24, 2.45) is 0 Å². The summed E-state index contributed by atoms with van der Waals surface area (Å²) in [5.74, 6) is -2.02. The molecule has 0 spiro atoms. The lowest BCUT2D eigenvalue weighted by Gasteiger charge is -2.43. The van der Waals surface area contributed by atoms with Crippen molar-refractivity contribution in [3.63, 3.8) is 0 Å². The van der Waals surface area contributed by atoms with Gasteiger partial charge < -0.3 is 29.5 Å². The normalized spacial score (nSPS) is 27.5. The highest BCUT2D eigenvalue weighted by atomic mass is 19.2. The van der Waals surface area contributed by atoms with Gasteiger partial charge in [-0.05, 0) is 18.6 Å². The fourth-order valence-corrected chi connectivity index (χ4v) is 5.05. The van der Waals surface area contributed by atoms with Gasteiger partial charge in [-0.2, -0.15) is 0 Å². The Morgan fingerprint density at radius 2 is 1.87 bits per heavy atom. The van der Waals surface area contributed by atoms with Crippen LogP contribution in [0.5, 0.6) is 0 Å². The van der Waals surface area contributed by atoms with Crippen LogP contribution in [-0.4, -0.2) is 96.7 Å². The summed E-state index contributed by atoms with van der Waals surface area (Å²) >= 11 is 0. The number of rotatable bonds is 7. The molecule has 4 heterocycles. The maximum absolute atomic E-state index is 14.6. The Balaban J connectivity index is 1.42. The molecule has 0 bridgehead atoms. The molecule has 3 N–H and O–H groups in total. The molecule has 2 fully saturated rings. The predicted molar refractivity (Wildman–Crippen MR) is 126 cm³/mol. The number of hydrogen-bond acceptors (Lipinski definition) is 10. The maximum Gasteiger partial charge on any atom is 0.168 e. The second-order valence-electron chi connectivity index (χ2n) is 9.69. The van der Waals surface area contributed by atoms with Crippen LogP contribution < -0.4 is 0 Å². The standard InChI is InChI=1S/C24H30F2N6O6/c1-13-3-4-14(20(26)19(13)25)15-9-32(30-27-15)21-22(34)17(12-33)38-16(23(21)36-2)10-31-11-18(28-29-31)24(35)5-7-37-8-6-24/h3-4,9,11,16-17,21-23,33-35H,5-8,10,12H2,1-2H3/t16-,17-,21+,22+,23+/m1/s1. The van der Waals surface area contributed by atoms with E-state index in [4.69, 9.17) is 14.2 Å². The van der Waals surface area contributed by atoms with E-state index in [9.17, 15) is 24.1 Å². The van der Waals surface area contributed by atoms with E-state index < -0.39 is 54.3 Å². The average molecular weight is 537 g/mol. The summed E-state index contributed by atoms with van der Waals surface area (Å²) in [6, 6.07) is 1.96. The molecule has 5 rings (SSSR count). The molecule has 0 amide bonds. The Hall–Kier alpha value is -2.88. The Labute approximate surface area is 216 Å². The topological polar surface area (TPSA) is 150 Å². The van der Waals surface area contributed by atoms with Crippen LogP contribution in [0.3, 0.4) is 0 Å². The Morgan fingerprint density at radius 1 is 1.11 bits per heavy atom. The van der Waals surface area contributed by atoms with E-state index in [0.717, 1.165) is 0 Å². The fraction of sp³-hybridized carbons (Fsp3) is 0.583. The molecule has 0 unspecified atom stereocenters. The minimum absolute atomic E-state index is 0.0673. The SMILES string of the molecule is CO[C@@H]1[C@@H](n2cc(-c3ccc(C)c(F)c3F)nn2)[C@@H](O)[C@@H](CO)O[C@@H]1Cn1cc(C2(O)CCOCC2)nn1. The van der Waals surface area contributed by atoms with Crippen molar-refractivity contribution in [3.8, 4) is 11.3 Å². The van der Waals surface area contributed by atoms with Gasteiger partial charge in [-0.1, -0.05) is 16.5 Å². The third kappa shape index (κ3) is 4.83. The smallest absolute Gasteiger partial charge is 0.168 e. The molecule has 3 aromatic rings. The first-order valence-electron chi connectivity index (χ1n) is 12.3. The van der Waals surface area contributed by atoms with Crippen molar-refractivity contribution in [2.75, 3.05) is 26.9 Å². The number of aryl methyl sites for hydroxylation is 1. The first-order valence-corrected chi connectivity index (χ1v) is 12.3. The zero-order valence-corrected chi connectivity index (χ0v) is 20.9. The molecule has 1 aromatic carbocycles. The van der Waals surface area contributed by atoms with Gasteiger partial charge in [0.1, 0.15) is 47.4 Å². The average Bonchev–Trinajstić information content (AvgIpc) is 3.59. The second kappa shape index (κ2) is 10.7. The van der Waals surface area contributed by atoms with Gasteiger partial charge in [-0.25, -0.2) is 18.1 Å². The monoisotopic (exact) mass is 536 g/mol. The quantitative estimate of drug-likeness (QED) is 0.390. The van der Waals surface area contributed by atoms with Gasteiger partial charge in [0.2, 0.25) is 0 Å². The van der Waals surface area contributed by atoms with E-state index in [0.29, 0.717) is 31.7 Å². The number of aromatic nitrogens is 6. The van der Waals surface area contributed by atoms with Crippen LogP contribution in [0.25, 0.3) is 11.3 Å². The molecule has 2 aliphatic heterocycles. The zero-order valence-electron chi connectivity index (χ0n) is 20.9. The molecular formula is C24H30F2N6O6. The van der Waals surface area contributed by atoms with Gasteiger partial charge in [-0.3, -0.25) is 0 Å². The van der Waals surface area contributed by atoms with Crippen molar-refractivity contribution < 1.29 is 38.3 Å². The minimum Gasteiger partial charge on any atom is -0.394 e. The van der Waals surface area contributed by atoms with Crippen molar-refractivity contribution in [1.82, 2.24) is 30.0 Å². The van der Waals surface area contributed by atoms with Gasteiger partial charge in [0.05, 0.1) is 25.5 Å². The van der Waals surface area contributed by atoms with E-state index in [1.54, 1.807) is 6.20 Å². The molecular weight excluding hydrogens is 506 g/mol. The first kappa shape index (κ1) is 26.7. The zero-order chi connectivity index (χ0) is 27.0. The number of methoxy groups -OCH3 is 1. The van der Waals surface area contributed by atoms with Crippen molar-refractivity contribution in [1.29, 1.82) is 0 Å². The first-order chi connectivity index (χ1) is 18.3. The van der Waals surface area contributed by atoms with E-state index in [1.807, 2.05) is 0 Å². The minimum atomic E-state index is -1.26. The van der Waals surface area contributed by atoms with Crippen LogP contribution in [0.15, 0.2) is 24.5 Å². The van der Waals surface area contributed by atoms with E-state index >= 15 is 0 Å². The number of hydrogen-bond donors (Lipinski definition) is 3. The largest absolute Gasteiger partial charge is 0.394 e. The molecule has 0 saturated carbocycles. The Kier molecular flexibility index (Phi) is 7.53. The lowest BCUT2D eigenvalue weighted by atomic mass is 9.91. The van der Waals surface area contributed by atoms with E-state index in [-0.39, 0.29) is 23.4 Å². The molecule has 38 heavy (non-hydrogen) atoms. The maximum atomic E-state index is 14.6. The fourth-order valence-electron chi connectivity index (χ4n) is 5.05. The molecule has 2 aromatic heterocycles. The summed E-state index contributed by atoms with van der Waals surface area (Å²) in [5.41, 5.74) is -0.580. The highest BCUT2D eigenvalue weighted by Crippen LogP contribution is 2.35. The number of nitrogens with zero attached hydrogens (tertiary/aromatic N) is 6. The summed E-state index contributed by atoms with van der Waals surface area (Å²) in [6.45, 7) is 1.91. The number of ether oxygens (including phenoxy) is 3.